The number of anilines is 1. The maximum atomic E-state index is 12.6. The Labute approximate surface area is 98.6 Å². The Bertz CT molecular complexity index is 435. The molecule has 0 atom stereocenters. The van der Waals surface area contributed by atoms with Crippen LogP contribution in [-0.4, -0.2) is 6.54 Å². The van der Waals surface area contributed by atoms with E-state index >= 15 is 0 Å². The molecule has 0 saturated carbocycles. The fraction of sp³-hybridized carbons (Fsp3) is 0.400. The van der Waals surface area contributed by atoms with Gasteiger partial charge in [-0.3, -0.25) is 0 Å². The van der Waals surface area contributed by atoms with Gasteiger partial charge < -0.3 is 11.5 Å². The van der Waals surface area contributed by atoms with Crippen molar-refractivity contribution in [3.8, 4) is 0 Å². The van der Waals surface area contributed by atoms with Crippen molar-refractivity contribution in [3.05, 3.63) is 28.8 Å². The highest BCUT2D eigenvalue weighted by Gasteiger charge is 2.38. The molecule has 8 heteroatoms. The number of halogens is 6. The van der Waals surface area contributed by atoms with Crippen LogP contribution in [-0.2, 0) is 18.8 Å². The smallest absolute Gasteiger partial charge is 0.398 e. The Morgan fingerprint density at radius 3 is 1.89 bits per heavy atom. The zero-order valence-corrected chi connectivity index (χ0v) is 8.99. The quantitative estimate of drug-likeness (QED) is 0.642. The van der Waals surface area contributed by atoms with Crippen LogP contribution in [0.15, 0.2) is 12.1 Å². The molecule has 0 aliphatic heterocycles. The summed E-state index contributed by atoms with van der Waals surface area (Å²) < 4.78 is 75.1. The van der Waals surface area contributed by atoms with Gasteiger partial charge in [-0.1, -0.05) is 0 Å². The monoisotopic (exact) mass is 272 g/mol. The zero-order valence-electron chi connectivity index (χ0n) is 8.99. The zero-order chi connectivity index (χ0) is 14.1. The molecule has 0 bridgehead atoms. The Morgan fingerprint density at radius 2 is 1.50 bits per heavy atom. The van der Waals surface area contributed by atoms with Gasteiger partial charge in [0.05, 0.1) is 11.1 Å². The van der Waals surface area contributed by atoms with Crippen molar-refractivity contribution >= 4 is 5.69 Å². The summed E-state index contributed by atoms with van der Waals surface area (Å²) in [6.45, 7) is -0.0944. The number of nitrogens with two attached hydrogens (primary N) is 2. The summed E-state index contributed by atoms with van der Waals surface area (Å²) in [6, 6.07) is 0.604. The second-order valence-electron chi connectivity index (χ2n) is 3.63. The molecular weight excluding hydrogens is 262 g/mol. The van der Waals surface area contributed by atoms with Crippen LogP contribution in [0.2, 0.25) is 0 Å². The van der Waals surface area contributed by atoms with Crippen molar-refractivity contribution in [1.82, 2.24) is 0 Å². The van der Waals surface area contributed by atoms with E-state index < -0.39 is 29.2 Å². The van der Waals surface area contributed by atoms with E-state index in [9.17, 15) is 26.3 Å². The molecule has 2 nitrogen and oxygen atoms in total. The SMILES string of the molecule is NCCc1cc(C(F)(F)F)cc(C(F)(F)F)c1N. The van der Waals surface area contributed by atoms with Crippen LogP contribution in [0.1, 0.15) is 16.7 Å². The number of rotatable bonds is 2. The average molecular weight is 272 g/mol. The Kier molecular flexibility index (Phi) is 3.80. The van der Waals surface area contributed by atoms with Crippen molar-refractivity contribution in [2.24, 2.45) is 5.73 Å². The van der Waals surface area contributed by atoms with Gasteiger partial charge in [0.25, 0.3) is 0 Å². The van der Waals surface area contributed by atoms with Crippen LogP contribution < -0.4 is 11.5 Å². The van der Waals surface area contributed by atoms with E-state index in [4.69, 9.17) is 11.5 Å². The molecule has 0 heterocycles. The van der Waals surface area contributed by atoms with E-state index in [2.05, 4.69) is 0 Å². The summed E-state index contributed by atoms with van der Waals surface area (Å²) in [5.74, 6) is 0. The van der Waals surface area contributed by atoms with Gasteiger partial charge in [0.1, 0.15) is 0 Å². The number of benzene rings is 1. The molecule has 0 unspecified atom stereocenters. The molecule has 0 aliphatic rings. The molecule has 1 aromatic carbocycles. The van der Waals surface area contributed by atoms with Crippen molar-refractivity contribution in [2.45, 2.75) is 18.8 Å². The Hall–Kier alpha value is -1.44. The van der Waals surface area contributed by atoms with Crippen LogP contribution >= 0.6 is 0 Å². The van der Waals surface area contributed by atoms with E-state index in [1.165, 1.54) is 0 Å². The molecule has 102 valence electrons. The first-order valence-electron chi connectivity index (χ1n) is 4.84. The third kappa shape index (κ3) is 3.06. The number of hydrogen-bond acceptors (Lipinski definition) is 2. The van der Waals surface area contributed by atoms with Crippen LogP contribution in [0.5, 0.6) is 0 Å². The first kappa shape index (κ1) is 14.6. The summed E-state index contributed by atoms with van der Waals surface area (Å²) in [6.07, 6.45) is -9.95. The summed E-state index contributed by atoms with van der Waals surface area (Å²) in [7, 11) is 0. The van der Waals surface area contributed by atoms with Gasteiger partial charge in [0.2, 0.25) is 0 Å². The average Bonchev–Trinajstić information content (AvgIpc) is 2.17. The van der Waals surface area contributed by atoms with Gasteiger partial charge in [0, 0.05) is 5.69 Å². The topological polar surface area (TPSA) is 52.0 Å². The minimum absolute atomic E-state index is 0.00928. The lowest BCUT2D eigenvalue weighted by molar-refractivity contribution is -0.142. The Balaban J connectivity index is 3.47. The lowest BCUT2D eigenvalue weighted by Crippen LogP contribution is -2.16. The van der Waals surface area contributed by atoms with Crippen molar-refractivity contribution in [1.29, 1.82) is 0 Å². The van der Waals surface area contributed by atoms with Crippen LogP contribution in [0.25, 0.3) is 0 Å². The summed E-state index contributed by atoms with van der Waals surface area (Å²) in [5.41, 5.74) is 6.53. The van der Waals surface area contributed by atoms with E-state index in [1.54, 1.807) is 0 Å². The molecule has 1 rings (SSSR count). The molecule has 0 spiro atoms. The normalized spacial score (nSPS) is 12.8. The maximum Gasteiger partial charge on any atom is 0.418 e. The third-order valence-electron chi connectivity index (χ3n) is 2.31. The number of alkyl halides is 6. The molecule has 4 N–H and O–H groups in total. The second-order valence-corrected chi connectivity index (χ2v) is 3.63. The molecule has 0 fully saturated rings. The fourth-order valence-corrected chi connectivity index (χ4v) is 1.47. The van der Waals surface area contributed by atoms with Gasteiger partial charge >= 0.3 is 12.4 Å². The predicted molar refractivity (Wildman–Crippen MR) is 53.6 cm³/mol. The summed E-state index contributed by atoms with van der Waals surface area (Å²) in [4.78, 5) is 0. The summed E-state index contributed by atoms with van der Waals surface area (Å²) in [5, 5.41) is 0. The highest BCUT2D eigenvalue weighted by atomic mass is 19.4. The minimum Gasteiger partial charge on any atom is -0.398 e. The standard InChI is InChI=1S/C10H10F6N2/c11-9(12,13)6-3-5(1-2-17)8(18)7(4-6)10(14,15)16/h3-4H,1-2,17-18H2. The first-order chi connectivity index (χ1) is 8.07. The minimum atomic E-state index is -4.94. The highest BCUT2D eigenvalue weighted by Crippen LogP contribution is 2.40. The van der Waals surface area contributed by atoms with Gasteiger partial charge in [-0.05, 0) is 30.7 Å². The lowest BCUT2D eigenvalue weighted by atomic mass is 10.00. The maximum absolute atomic E-state index is 12.6. The Morgan fingerprint density at radius 1 is 0.944 bits per heavy atom. The van der Waals surface area contributed by atoms with Crippen molar-refractivity contribution in [2.75, 3.05) is 12.3 Å². The van der Waals surface area contributed by atoms with E-state index in [-0.39, 0.29) is 24.6 Å². The van der Waals surface area contributed by atoms with Crippen molar-refractivity contribution < 1.29 is 26.3 Å². The molecule has 1 aromatic rings. The third-order valence-corrected chi connectivity index (χ3v) is 2.31. The predicted octanol–water partition coefficient (Wildman–Crippen LogP) is 2.81. The largest absolute Gasteiger partial charge is 0.418 e. The van der Waals surface area contributed by atoms with Gasteiger partial charge in [-0.2, -0.15) is 26.3 Å². The van der Waals surface area contributed by atoms with Crippen molar-refractivity contribution in [3.63, 3.8) is 0 Å². The molecule has 0 radical (unpaired) electrons. The molecular formula is C10H10F6N2. The van der Waals surface area contributed by atoms with Crippen LogP contribution in [0.4, 0.5) is 32.0 Å². The number of nitrogen functional groups attached to an aromatic ring is 1. The van der Waals surface area contributed by atoms with Gasteiger partial charge in [-0.15, -0.1) is 0 Å². The fourth-order valence-electron chi connectivity index (χ4n) is 1.47. The van der Waals surface area contributed by atoms with Gasteiger partial charge in [0.15, 0.2) is 0 Å². The van der Waals surface area contributed by atoms with E-state index in [0.29, 0.717) is 6.07 Å². The highest BCUT2D eigenvalue weighted by molar-refractivity contribution is 5.57. The summed E-state index contributed by atoms with van der Waals surface area (Å²) >= 11 is 0. The van der Waals surface area contributed by atoms with Crippen LogP contribution in [0.3, 0.4) is 0 Å². The molecule has 0 saturated heterocycles. The first-order valence-corrected chi connectivity index (χ1v) is 4.84. The van der Waals surface area contributed by atoms with E-state index in [0.717, 1.165) is 0 Å². The number of hydrogen-bond donors (Lipinski definition) is 2. The second kappa shape index (κ2) is 4.68. The van der Waals surface area contributed by atoms with Crippen LogP contribution in [0, 0.1) is 0 Å². The molecule has 0 aliphatic carbocycles. The lowest BCUT2D eigenvalue weighted by Gasteiger charge is -2.17. The van der Waals surface area contributed by atoms with Gasteiger partial charge in [-0.25, -0.2) is 0 Å². The molecule has 18 heavy (non-hydrogen) atoms. The molecule has 0 amide bonds. The molecule has 0 aromatic heterocycles. The van der Waals surface area contributed by atoms with E-state index in [1.807, 2.05) is 0 Å².